The van der Waals surface area contributed by atoms with Gasteiger partial charge in [0.2, 0.25) is 15.8 Å². The van der Waals surface area contributed by atoms with Crippen molar-refractivity contribution < 1.29 is 27.5 Å². The quantitative estimate of drug-likeness (QED) is 0.751. The highest BCUT2D eigenvalue weighted by atomic mass is 32.2. The average molecular weight is 411 g/mol. The first kappa shape index (κ1) is 21.8. The van der Waals surface area contributed by atoms with Gasteiger partial charge in [0.05, 0.1) is 4.90 Å². The summed E-state index contributed by atoms with van der Waals surface area (Å²) >= 11 is 0. The van der Waals surface area contributed by atoms with Crippen molar-refractivity contribution in [2.24, 2.45) is 0 Å². The van der Waals surface area contributed by atoms with Gasteiger partial charge in [-0.15, -0.1) is 0 Å². The highest BCUT2D eigenvalue weighted by Gasteiger charge is 2.31. The highest BCUT2D eigenvalue weighted by Crippen LogP contribution is 2.20. The van der Waals surface area contributed by atoms with Crippen molar-refractivity contribution in [2.45, 2.75) is 38.2 Å². The maximum absolute atomic E-state index is 12.8. The fourth-order valence-electron chi connectivity index (χ4n) is 2.52. The van der Waals surface area contributed by atoms with E-state index in [1.807, 2.05) is 0 Å². The molecule has 9 nitrogen and oxygen atoms in total. The number of hydrogen-bond donors (Lipinski definition) is 1. The Morgan fingerprint density at radius 1 is 1.00 bits per heavy atom. The first-order valence-electron chi connectivity index (χ1n) is 8.80. The molecule has 0 radical (unpaired) electrons. The van der Waals surface area contributed by atoms with Crippen molar-refractivity contribution >= 4 is 33.5 Å². The molecule has 1 aromatic rings. The van der Waals surface area contributed by atoms with Gasteiger partial charge in [0.1, 0.15) is 5.60 Å². The van der Waals surface area contributed by atoms with E-state index < -0.39 is 33.4 Å². The van der Waals surface area contributed by atoms with E-state index in [0.29, 0.717) is 5.69 Å². The van der Waals surface area contributed by atoms with Gasteiger partial charge in [0.15, 0.2) is 0 Å². The lowest BCUT2D eigenvalue weighted by Crippen LogP contribution is -2.51. The molecule has 0 bridgehead atoms. The van der Waals surface area contributed by atoms with Gasteiger partial charge >= 0.3 is 6.09 Å². The fraction of sp³-hybridized carbons (Fsp3) is 0.500. The zero-order valence-corrected chi connectivity index (χ0v) is 17.2. The Bertz CT molecular complexity index is 850. The van der Waals surface area contributed by atoms with Crippen LogP contribution in [0.4, 0.5) is 10.5 Å². The second kappa shape index (κ2) is 8.27. The normalized spacial score (nSPS) is 15.8. The van der Waals surface area contributed by atoms with E-state index in [1.165, 1.54) is 33.5 Å². The first-order chi connectivity index (χ1) is 12.9. The van der Waals surface area contributed by atoms with Gasteiger partial charge in [-0.05, 0) is 45.0 Å². The minimum atomic E-state index is -3.73. The van der Waals surface area contributed by atoms with Gasteiger partial charge in [-0.2, -0.15) is 4.31 Å². The molecule has 1 aliphatic heterocycles. The van der Waals surface area contributed by atoms with Gasteiger partial charge in [0.25, 0.3) is 5.91 Å². The minimum Gasteiger partial charge on any atom is -0.444 e. The maximum atomic E-state index is 12.8. The van der Waals surface area contributed by atoms with E-state index in [9.17, 15) is 22.8 Å². The van der Waals surface area contributed by atoms with Crippen LogP contribution in [0.3, 0.4) is 0 Å². The molecule has 0 aromatic heterocycles. The molecule has 1 aromatic carbocycles. The molecule has 1 heterocycles. The molecule has 0 spiro atoms. The van der Waals surface area contributed by atoms with E-state index in [-0.39, 0.29) is 31.1 Å². The Morgan fingerprint density at radius 2 is 1.54 bits per heavy atom. The van der Waals surface area contributed by atoms with Gasteiger partial charge in [-0.25, -0.2) is 13.2 Å². The van der Waals surface area contributed by atoms with Gasteiger partial charge in [-0.3, -0.25) is 9.59 Å². The number of piperazine rings is 1. The maximum Gasteiger partial charge on any atom is 0.410 e. The average Bonchev–Trinajstić information content (AvgIpc) is 2.60. The largest absolute Gasteiger partial charge is 0.444 e. The number of anilines is 1. The molecule has 1 fully saturated rings. The molecule has 0 unspecified atom stereocenters. The van der Waals surface area contributed by atoms with Gasteiger partial charge < -0.3 is 15.0 Å². The summed E-state index contributed by atoms with van der Waals surface area (Å²) in [5.41, 5.74) is -0.284. The van der Waals surface area contributed by atoms with Crippen LogP contribution in [0, 0.1) is 0 Å². The number of Topliss-reactive ketones (excluding diaryl/α,β-unsaturated/α-hetero) is 1. The molecule has 154 valence electrons. The monoisotopic (exact) mass is 411 g/mol. The van der Waals surface area contributed by atoms with Crippen LogP contribution in [0.2, 0.25) is 0 Å². The first-order valence-corrected chi connectivity index (χ1v) is 10.2. The Hall–Kier alpha value is -2.46. The summed E-state index contributed by atoms with van der Waals surface area (Å²) in [7, 11) is -3.73. The number of ether oxygens (including phenoxy) is 1. The number of benzene rings is 1. The minimum absolute atomic E-state index is 0.0686. The summed E-state index contributed by atoms with van der Waals surface area (Å²) in [6.45, 7) is 7.25. The van der Waals surface area contributed by atoms with Crippen LogP contribution in [0.25, 0.3) is 0 Å². The SMILES string of the molecule is CC(=O)C(=O)Nc1ccc(S(=O)(=O)N2CCN(C(=O)OC(C)(C)C)CC2)cc1. The Balaban J connectivity index is 2.01. The van der Waals surface area contributed by atoms with Crippen LogP contribution >= 0.6 is 0 Å². The van der Waals surface area contributed by atoms with E-state index >= 15 is 0 Å². The van der Waals surface area contributed by atoms with Crippen molar-refractivity contribution in [1.29, 1.82) is 0 Å². The van der Waals surface area contributed by atoms with E-state index in [2.05, 4.69) is 5.32 Å². The predicted octanol–water partition coefficient (Wildman–Crippen LogP) is 1.46. The zero-order valence-electron chi connectivity index (χ0n) is 16.4. The summed E-state index contributed by atoms with van der Waals surface area (Å²) in [4.78, 5) is 36.0. The van der Waals surface area contributed by atoms with Crippen LogP contribution in [-0.2, 0) is 24.3 Å². The van der Waals surface area contributed by atoms with Crippen LogP contribution in [0.5, 0.6) is 0 Å². The summed E-state index contributed by atoms with van der Waals surface area (Å²) in [5.74, 6) is -1.41. The van der Waals surface area contributed by atoms with Crippen molar-refractivity contribution in [3.05, 3.63) is 24.3 Å². The third kappa shape index (κ3) is 5.52. The van der Waals surface area contributed by atoms with Crippen LogP contribution in [0.1, 0.15) is 27.7 Å². The summed E-state index contributed by atoms with van der Waals surface area (Å²) < 4.78 is 32.2. The molecule has 0 saturated carbocycles. The molecule has 10 heteroatoms. The predicted molar refractivity (Wildman–Crippen MR) is 102 cm³/mol. The Kier molecular flexibility index (Phi) is 6.45. The molecule has 1 aliphatic rings. The van der Waals surface area contributed by atoms with Crippen molar-refractivity contribution in [1.82, 2.24) is 9.21 Å². The third-order valence-corrected chi connectivity index (χ3v) is 5.87. The number of hydrogen-bond acceptors (Lipinski definition) is 6. The summed E-state index contributed by atoms with van der Waals surface area (Å²) in [6, 6.07) is 5.58. The van der Waals surface area contributed by atoms with Gasteiger partial charge in [-0.1, -0.05) is 0 Å². The molecule has 1 saturated heterocycles. The van der Waals surface area contributed by atoms with Crippen LogP contribution in [-0.4, -0.2) is 67.2 Å². The second-order valence-corrected chi connectivity index (χ2v) is 9.34. The van der Waals surface area contributed by atoms with E-state index in [4.69, 9.17) is 4.74 Å². The number of carbonyl (C=O) groups excluding carboxylic acids is 3. The number of carbonyl (C=O) groups is 3. The standard InChI is InChI=1S/C18H25N3O6S/c1-13(22)16(23)19-14-5-7-15(8-6-14)28(25,26)21-11-9-20(10-12-21)17(24)27-18(2,3)4/h5-8H,9-12H2,1-4H3,(H,19,23). The number of nitrogens with zero attached hydrogens (tertiary/aromatic N) is 2. The van der Waals surface area contributed by atoms with Gasteiger partial charge in [0, 0.05) is 38.8 Å². The molecule has 1 N–H and O–H groups in total. The second-order valence-electron chi connectivity index (χ2n) is 7.41. The summed E-state index contributed by atoms with van der Waals surface area (Å²) in [6.07, 6.45) is -0.463. The van der Waals surface area contributed by atoms with E-state index in [1.54, 1.807) is 20.8 Å². The Morgan fingerprint density at radius 3 is 2.00 bits per heavy atom. The number of amides is 2. The molecule has 28 heavy (non-hydrogen) atoms. The fourth-order valence-corrected chi connectivity index (χ4v) is 3.94. The molecule has 0 aliphatic carbocycles. The number of rotatable bonds is 4. The lowest BCUT2D eigenvalue weighted by atomic mass is 10.2. The van der Waals surface area contributed by atoms with Crippen LogP contribution in [0.15, 0.2) is 29.2 Å². The number of ketones is 1. The van der Waals surface area contributed by atoms with E-state index in [0.717, 1.165) is 6.92 Å². The lowest BCUT2D eigenvalue weighted by molar-refractivity contribution is -0.133. The highest BCUT2D eigenvalue weighted by molar-refractivity contribution is 7.89. The smallest absolute Gasteiger partial charge is 0.410 e. The molecular formula is C18H25N3O6S. The third-order valence-electron chi connectivity index (χ3n) is 3.96. The topological polar surface area (TPSA) is 113 Å². The van der Waals surface area contributed by atoms with Crippen molar-refractivity contribution in [2.75, 3.05) is 31.5 Å². The lowest BCUT2D eigenvalue weighted by Gasteiger charge is -2.35. The zero-order chi connectivity index (χ0) is 21.1. The van der Waals surface area contributed by atoms with Crippen LogP contribution < -0.4 is 5.32 Å². The Labute approximate surface area is 164 Å². The van der Waals surface area contributed by atoms with Crippen molar-refractivity contribution in [3.63, 3.8) is 0 Å². The number of nitrogens with one attached hydrogen (secondary N) is 1. The number of sulfonamides is 1. The molecule has 2 amide bonds. The van der Waals surface area contributed by atoms with Crippen molar-refractivity contribution in [3.8, 4) is 0 Å². The molecular weight excluding hydrogens is 386 g/mol. The molecule has 0 atom stereocenters. The summed E-state index contributed by atoms with van der Waals surface area (Å²) in [5, 5.41) is 2.38. The molecule has 2 rings (SSSR count).